The van der Waals surface area contributed by atoms with Gasteiger partial charge in [-0.2, -0.15) is 0 Å². The Morgan fingerprint density at radius 1 is 1.39 bits per heavy atom. The number of hydrogen-bond acceptors (Lipinski definition) is 4. The third kappa shape index (κ3) is 2.76. The first-order chi connectivity index (χ1) is 8.54. The van der Waals surface area contributed by atoms with Crippen molar-refractivity contribution in [3.63, 3.8) is 0 Å². The fraction of sp³-hybridized carbons (Fsp3) is 0.0769. The summed E-state index contributed by atoms with van der Waals surface area (Å²) in [6, 6.07) is 6.73. The highest BCUT2D eigenvalue weighted by atomic mass is 16.5. The Bertz CT molecular complexity index is 722. The Hall–Kier alpha value is -2.56. The number of benzene rings is 1. The van der Waals surface area contributed by atoms with Crippen LogP contribution in [0.3, 0.4) is 0 Å². The minimum atomic E-state index is -0.468. The van der Waals surface area contributed by atoms with E-state index in [0.29, 0.717) is 11.1 Å². The molecule has 0 unspecified atom stereocenters. The molecule has 2 rings (SSSR count). The topological polar surface area (TPSA) is 72.3 Å². The van der Waals surface area contributed by atoms with Crippen LogP contribution < -0.4 is 21.3 Å². The summed E-state index contributed by atoms with van der Waals surface area (Å²) in [5, 5.41) is 0.320. The molecular formula is C13H11NO4. The van der Waals surface area contributed by atoms with Gasteiger partial charge in [0.2, 0.25) is 0 Å². The summed E-state index contributed by atoms with van der Waals surface area (Å²) in [5.74, 6) is 0.0782. The number of carbonyl (C=O) groups is 1. The Balaban J connectivity index is 2.34. The fourth-order valence-electron chi connectivity index (χ4n) is 1.45. The van der Waals surface area contributed by atoms with E-state index in [4.69, 9.17) is 9.15 Å². The molecule has 0 aliphatic carbocycles. The number of carbonyl (C=O) groups excluding carboxylic acids is 1. The highest BCUT2D eigenvalue weighted by Crippen LogP contribution is 2.12. The van der Waals surface area contributed by atoms with Crippen molar-refractivity contribution in [2.24, 2.45) is 0 Å². The molecule has 0 atom stereocenters. The minimum absolute atomic E-state index is 0.211. The van der Waals surface area contributed by atoms with Gasteiger partial charge in [-0.1, -0.05) is 12.1 Å². The molecule has 18 heavy (non-hydrogen) atoms. The van der Waals surface area contributed by atoms with E-state index in [-0.39, 0.29) is 11.5 Å². The van der Waals surface area contributed by atoms with Crippen LogP contribution in [0.2, 0.25) is 0 Å². The second-order valence-electron chi connectivity index (χ2n) is 3.66. The van der Waals surface area contributed by atoms with Gasteiger partial charge in [-0.15, -0.1) is 0 Å². The summed E-state index contributed by atoms with van der Waals surface area (Å²) < 4.78 is 9.64. The number of esters is 1. The van der Waals surface area contributed by atoms with Crippen molar-refractivity contribution in [1.82, 2.24) is 4.98 Å². The van der Waals surface area contributed by atoms with Crippen LogP contribution in [0, 0.1) is 0 Å². The lowest BCUT2D eigenvalue weighted by atomic mass is 10.2. The molecule has 0 fully saturated rings. The summed E-state index contributed by atoms with van der Waals surface area (Å²) in [4.78, 5) is 24.8. The van der Waals surface area contributed by atoms with Crippen LogP contribution in [-0.2, 0) is 4.79 Å². The first kappa shape index (κ1) is 11.9. The fourth-order valence-corrected chi connectivity index (χ4v) is 1.45. The molecule has 1 N–H and O–H groups in total. The second kappa shape index (κ2) is 4.75. The maximum Gasteiger partial charge on any atom is 0.361 e. The van der Waals surface area contributed by atoms with Gasteiger partial charge in [0, 0.05) is 6.92 Å². The van der Waals surface area contributed by atoms with Gasteiger partial charge in [-0.25, -0.2) is 4.79 Å². The summed E-state index contributed by atoms with van der Waals surface area (Å²) in [5.41, 5.74) is 0.520. The van der Waals surface area contributed by atoms with Crippen molar-refractivity contribution in [3.8, 4) is 5.75 Å². The summed E-state index contributed by atoms with van der Waals surface area (Å²) >= 11 is 0. The van der Waals surface area contributed by atoms with Crippen LogP contribution >= 0.6 is 0 Å². The van der Waals surface area contributed by atoms with Crippen LogP contribution in [0.1, 0.15) is 12.5 Å². The maximum absolute atomic E-state index is 11.3. The number of oxazole rings is 1. The van der Waals surface area contributed by atoms with Crippen molar-refractivity contribution >= 4 is 18.6 Å². The zero-order valence-electron chi connectivity index (χ0n) is 9.73. The molecule has 0 bridgehead atoms. The van der Waals surface area contributed by atoms with Gasteiger partial charge in [-0.05, 0) is 30.4 Å². The molecule has 0 aliphatic rings. The van der Waals surface area contributed by atoms with Crippen molar-refractivity contribution < 1.29 is 13.9 Å². The second-order valence-corrected chi connectivity index (χ2v) is 3.66. The molecule has 5 nitrogen and oxygen atoms in total. The summed E-state index contributed by atoms with van der Waals surface area (Å²) in [6.07, 6.45) is 1.62. The Labute approximate surface area is 102 Å². The number of nitrogens with one attached hydrogen (secondary N) is 1. The molecule has 2 aromatic rings. The highest BCUT2D eigenvalue weighted by Gasteiger charge is 1.98. The molecule has 1 aromatic carbocycles. The molecule has 5 heteroatoms. The molecule has 0 saturated carbocycles. The van der Waals surface area contributed by atoms with Crippen molar-refractivity contribution in [2.45, 2.75) is 6.92 Å². The predicted octanol–water partition coefficient (Wildman–Crippen LogP) is 0.132. The van der Waals surface area contributed by atoms with E-state index < -0.39 is 5.63 Å². The van der Waals surface area contributed by atoms with Crippen LogP contribution in [0.5, 0.6) is 5.75 Å². The number of aromatic amines is 1. The maximum atomic E-state index is 11.3. The third-order valence-electron chi connectivity index (χ3n) is 2.16. The molecule has 0 amide bonds. The predicted molar refractivity (Wildman–Crippen MR) is 65.4 cm³/mol. The van der Waals surface area contributed by atoms with E-state index in [1.54, 1.807) is 30.3 Å². The Morgan fingerprint density at radius 3 is 2.56 bits per heavy atom. The number of ether oxygens (including phenoxy) is 1. The Morgan fingerprint density at radius 2 is 2.06 bits per heavy atom. The van der Waals surface area contributed by atoms with Gasteiger partial charge in [-0.3, -0.25) is 4.79 Å². The van der Waals surface area contributed by atoms with Crippen LogP contribution in [0.4, 0.5) is 0 Å². The lowest BCUT2D eigenvalue weighted by Gasteiger charge is -2.00. The number of aromatic nitrogens is 1. The van der Waals surface area contributed by atoms with Crippen molar-refractivity contribution in [2.75, 3.05) is 0 Å². The van der Waals surface area contributed by atoms with E-state index in [1.165, 1.54) is 6.92 Å². The Kier molecular flexibility index (Phi) is 3.14. The first-order valence-corrected chi connectivity index (χ1v) is 5.23. The SMILES string of the molecule is C=c1[nH]/c(=C\c2ccc(OC(C)=O)cc2)c(=O)o1. The number of rotatable bonds is 2. The zero-order chi connectivity index (χ0) is 13.1. The molecular weight excluding hydrogens is 234 g/mol. The van der Waals surface area contributed by atoms with E-state index in [1.807, 2.05) is 0 Å². The minimum Gasteiger partial charge on any atom is -0.427 e. The van der Waals surface area contributed by atoms with Crippen molar-refractivity contribution in [1.29, 1.82) is 0 Å². The van der Waals surface area contributed by atoms with Crippen LogP contribution in [-0.4, -0.2) is 11.0 Å². The zero-order valence-corrected chi connectivity index (χ0v) is 9.73. The number of hydrogen-bond donors (Lipinski definition) is 1. The molecule has 0 aliphatic heterocycles. The van der Waals surface area contributed by atoms with E-state index in [9.17, 15) is 9.59 Å². The van der Waals surface area contributed by atoms with Gasteiger partial charge >= 0.3 is 11.6 Å². The van der Waals surface area contributed by atoms with Gasteiger partial charge in [0.1, 0.15) is 11.1 Å². The molecule has 0 radical (unpaired) electrons. The average Bonchev–Trinajstić information content (AvgIpc) is 2.59. The van der Waals surface area contributed by atoms with Gasteiger partial charge in [0.25, 0.3) is 0 Å². The van der Waals surface area contributed by atoms with Crippen molar-refractivity contribution in [3.05, 3.63) is 51.1 Å². The molecule has 1 aromatic heterocycles. The lowest BCUT2D eigenvalue weighted by molar-refractivity contribution is -0.131. The lowest BCUT2D eigenvalue weighted by Crippen LogP contribution is -2.20. The average molecular weight is 245 g/mol. The van der Waals surface area contributed by atoms with E-state index in [0.717, 1.165) is 5.56 Å². The van der Waals surface area contributed by atoms with Crippen LogP contribution in [0.25, 0.3) is 12.7 Å². The van der Waals surface area contributed by atoms with Gasteiger partial charge < -0.3 is 14.1 Å². The number of H-pyrrole nitrogens is 1. The van der Waals surface area contributed by atoms with Gasteiger partial charge in [0.15, 0.2) is 5.55 Å². The largest absolute Gasteiger partial charge is 0.427 e. The smallest absolute Gasteiger partial charge is 0.361 e. The van der Waals surface area contributed by atoms with E-state index in [2.05, 4.69) is 11.6 Å². The van der Waals surface area contributed by atoms with Crippen LogP contribution in [0.15, 0.2) is 33.5 Å². The van der Waals surface area contributed by atoms with E-state index >= 15 is 0 Å². The quantitative estimate of drug-likeness (QED) is 0.603. The summed E-state index contributed by atoms with van der Waals surface area (Å²) in [6.45, 7) is 4.82. The van der Waals surface area contributed by atoms with Gasteiger partial charge in [0.05, 0.1) is 0 Å². The molecule has 0 spiro atoms. The first-order valence-electron chi connectivity index (χ1n) is 5.23. The third-order valence-corrected chi connectivity index (χ3v) is 2.16. The molecule has 0 saturated heterocycles. The monoisotopic (exact) mass is 245 g/mol. The normalized spacial score (nSPS) is 11.5. The molecule has 1 heterocycles. The summed E-state index contributed by atoms with van der Waals surface area (Å²) in [7, 11) is 0. The standard InChI is InChI=1S/C13H11NO4/c1-8-14-12(13(16)17-8)7-10-3-5-11(6-4-10)18-9(2)15/h3-7,14H,1H2,2H3/b12-7-. The highest BCUT2D eigenvalue weighted by molar-refractivity contribution is 5.69. The molecule has 92 valence electrons.